The minimum absolute atomic E-state index is 0.0328. The third kappa shape index (κ3) is 2.59. The van der Waals surface area contributed by atoms with Crippen LogP contribution in [0, 0.1) is 5.41 Å². The number of hydrogen-bond acceptors (Lipinski definition) is 2. The van der Waals surface area contributed by atoms with Crippen LogP contribution < -0.4 is 0 Å². The first kappa shape index (κ1) is 15.7. The zero-order chi connectivity index (χ0) is 15.2. The molecule has 3 atom stereocenters. The normalized spacial score (nSPS) is 30.9. The Bertz CT molecular complexity index is 458. The van der Waals surface area contributed by atoms with E-state index in [1.165, 1.54) is 5.56 Å². The highest BCUT2D eigenvalue weighted by molar-refractivity contribution is 6.69. The molecule has 0 aliphatic carbocycles. The summed E-state index contributed by atoms with van der Waals surface area (Å²) in [4.78, 5) is 0. The average Bonchev–Trinajstić information content (AvgIpc) is 2.31. The van der Waals surface area contributed by atoms with Crippen LogP contribution in [-0.2, 0) is 9.16 Å². The van der Waals surface area contributed by atoms with E-state index >= 15 is 0 Å². The van der Waals surface area contributed by atoms with Crippen molar-refractivity contribution in [2.24, 2.45) is 5.41 Å². The minimum atomic E-state index is -1.67. The van der Waals surface area contributed by atoms with E-state index in [0.717, 1.165) is 0 Å². The van der Waals surface area contributed by atoms with Gasteiger partial charge in [-0.2, -0.15) is 0 Å². The van der Waals surface area contributed by atoms with Crippen molar-refractivity contribution in [3.63, 3.8) is 0 Å². The van der Waals surface area contributed by atoms with E-state index < -0.39 is 8.32 Å². The molecule has 1 aromatic rings. The minimum Gasteiger partial charge on any atom is -0.406 e. The van der Waals surface area contributed by atoms with Gasteiger partial charge in [-0.05, 0) is 37.5 Å². The summed E-state index contributed by atoms with van der Waals surface area (Å²) in [5, 5.41) is 0. The Morgan fingerprint density at radius 2 is 1.65 bits per heavy atom. The quantitative estimate of drug-likeness (QED) is 0.746. The van der Waals surface area contributed by atoms with E-state index in [1.807, 2.05) is 6.07 Å². The molecule has 2 nitrogen and oxygen atoms in total. The predicted octanol–water partition coefficient (Wildman–Crippen LogP) is 4.78. The van der Waals surface area contributed by atoms with Gasteiger partial charge in [-0.3, -0.25) is 0 Å². The van der Waals surface area contributed by atoms with Gasteiger partial charge in [0.2, 0.25) is 0 Å². The molecular weight excluding hydrogens is 264 g/mol. The monoisotopic (exact) mass is 292 g/mol. The number of benzene rings is 1. The third-order valence-corrected chi connectivity index (χ3v) is 5.03. The van der Waals surface area contributed by atoms with Gasteiger partial charge in [0.1, 0.15) is 11.7 Å². The van der Waals surface area contributed by atoms with Crippen molar-refractivity contribution in [2.75, 3.05) is 0 Å². The van der Waals surface area contributed by atoms with Gasteiger partial charge in [-0.15, -0.1) is 0 Å². The van der Waals surface area contributed by atoms with Crippen LogP contribution in [0.3, 0.4) is 0 Å². The molecule has 20 heavy (non-hydrogen) atoms. The summed E-state index contributed by atoms with van der Waals surface area (Å²) < 4.78 is 12.8. The summed E-state index contributed by atoms with van der Waals surface area (Å²) in [6.07, 6.45) is 0.157. The maximum atomic E-state index is 6.72. The van der Waals surface area contributed by atoms with Crippen LogP contribution in [0.4, 0.5) is 0 Å². The Kier molecular flexibility index (Phi) is 3.91. The van der Waals surface area contributed by atoms with Gasteiger partial charge in [0, 0.05) is 0 Å². The summed E-state index contributed by atoms with van der Waals surface area (Å²) in [6.45, 7) is 15.7. The van der Waals surface area contributed by atoms with Gasteiger partial charge >= 0.3 is 0 Å². The van der Waals surface area contributed by atoms with Crippen LogP contribution in [0.25, 0.3) is 0 Å². The SMILES string of the molecule is C[C@H]1O[C@@H](c2ccccc2)[C@]1(O[Si](C)(C)C)C(C)(C)C. The second kappa shape index (κ2) is 4.97. The molecule has 0 radical (unpaired) electrons. The molecule has 1 aromatic carbocycles. The Morgan fingerprint density at radius 3 is 2.05 bits per heavy atom. The van der Waals surface area contributed by atoms with Crippen LogP contribution in [0.15, 0.2) is 30.3 Å². The Hall–Kier alpha value is -0.643. The molecule has 3 heteroatoms. The zero-order valence-corrected chi connectivity index (χ0v) is 14.9. The van der Waals surface area contributed by atoms with Crippen molar-refractivity contribution in [3.05, 3.63) is 35.9 Å². The van der Waals surface area contributed by atoms with Gasteiger partial charge in [0.25, 0.3) is 0 Å². The van der Waals surface area contributed by atoms with Crippen LogP contribution in [0.2, 0.25) is 19.6 Å². The second-order valence-corrected chi connectivity index (χ2v) is 12.3. The smallest absolute Gasteiger partial charge is 0.184 e. The number of ether oxygens (including phenoxy) is 1. The fraction of sp³-hybridized carbons (Fsp3) is 0.647. The van der Waals surface area contributed by atoms with E-state index in [-0.39, 0.29) is 23.2 Å². The van der Waals surface area contributed by atoms with Gasteiger partial charge in [-0.25, -0.2) is 0 Å². The predicted molar refractivity (Wildman–Crippen MR) is 86.3 cm³/mol. The lowest BCUT2D eigenvalue weighted by atomic mass is 9.65. The maximum Gasteiger partial charge on any atom is 0.184 e. The van der Waals surface area contributed by atoms with Crippen molar-refractivity contribution in [1.82, 2.24) is 0 Å². The molecule has 0 spiro atoms. The molecule has 0 bridgehead atoms. The van der Waals surface area contributed by atoms with Crippen molar-refractivity contribution in [3.8, 4) is 0 Å². The molecule has 1 heterocycles. The lowest BCUT2D eigenvalue weighted by Crippen LogP contribution is -2.69. The summed E-state index contributed by atoms with van der Waals surface area (Å²) in [6, 6.07) is 10.5. The van der Waals surface area contributed by atoms with Crippen molar-refractivity contribution >= 4 is 8.32 Å². The second-order valence-electron chi connectivity index (χ2n) is 7.83. The van der Waals surface area contributed by atoms with Crippen LogP contribution >= 0.6 is 0 Å². The van der Waals surface area contributed by atoms with E-state index in [4.69, 9.17) is 9.16 Å². The standard InChI is InChI=1S/C17H28O2Si/c1-13-17(16(2,3)4,19-20(5,6)7)15(18-13)14-11-9-8-10-12-14/h8-13,15H,1-7H3/t13-,15+,17+/m1/s1. The Labute approximate surface area is 124 Å². The number of hydrogen-bond donors (Lipinski definition) is 0. The molecule has 1 fully saturated rings. The van der Waals surface area contributed by atoms with Gasteiger partial charge in [0.15, 0.2) is 8.32 Å². The molecule has 0 amide bonds. The summed E-state index contributed by atoms with van der Waals surface area (Å²) in [7, 11) is -1.67. The fourth-order valence-electron chi connectivity index (χ4n) is 3.30. The van der Waals surface area contributed by atoms with Crippen molar-refractivity contribution in [2.45, 2.75) is 65.1 Å². The highest BCUT2D eigenvalue weighted by Crippen LogP contribution is 2.57. The van der Waals surface area contributed by atoms with Gasteiger partial charge in [-0.1, -0.05) is 51.1 Å². The first-order valence-corrected chi connectivity index (χ1v) is 10.9. The van der Waals surface area contributed by atoms with Gasteiger partial charge < -0.3 is 9.16 Å². The maximum absolute atomic E-state index is 6.72. The molecule has 1 aliphatic heterocycles. The van der Waals surface area contributed by atoms with Crippen LogP contribution in [0.5, 0.6) is 0 Å². The van der Waals surface area contributed by atoms with Crippen molar-refractivity contribution < 1.29 is 9.16 Å². The molecule has 0 N–H and O–H groups in total. The van der Waals surface area contributed by atoms with Crippen LogP contribution in [0.1, 0.15) is 39.4 Å². The molecule has 0 saturated carbocycles. The molecule has 1 aliphatic rings. The van der Waals surface area contributed by atoms with Gasteiger partial charge in [0.05, 0.1) is 6.10 Å². The molecule has 2 rings (SSSR count). The Balaban J connectivity index is 2.44. The molecule has 112 valence electrons. The van der Waals surface area contributed by atoms with E-state index in [9.17, 15) is 0 Å². The molecule has 0 unspecified atom stereocenters. The lowest BCUT2D eigenvalue weighted by molar-refractivity contribution is -0.317. The Morgan fingerprint density at radius 1 is 1.10 bits per heavy atom. The average molecular weight is 292 g/mol. The summed E-state index contributed by atoms with van der Waals surface area (Å²) in [5.74, 6) is 0. The van der Waals surface area contributed by atoms with E-state index in [1.54, 1.807) is 0 Å². The highest BCUT2D eigenvalue weighted by atomic mass is 28.4. The van der Waals surface area contributed by atoms with Crippen LogP contribution in [-0.4, -0.2) is 20.0 Å². The summed E-state index contributed by atoms with van der Waals surface area (Å²) >= 11 is 0. The molecule has 1 saturated heterocycles. The molecule has 0 aromatic heterocycles. The van der Waals surface area contributed by atoms with Crippen molar-refractivity contribution in [1.29, 1.82) is 0 Å². The first-order valence-electron chi connectivity index (χ1n) is 7.48. The number of rotatable bonds is 3. The molecular formula is C17H28O2Si. The largest absolute Gasteiger partial charge is 0.406 e. The zero-order valence-electron chi connectivity index (χ0n) is 13.9. The topological polar surface area (TPSA) is 18.5 Å². The fourth-order valence-corrected chi connectivity index (χ4v) is 4.89. The van der Waals surface area contributed by atoms with E-state index in [0.29, 0.717) is 0 Å². The lowest BCUT2D eigenvalue weighted by Gasteiger charge is -2.62. The third-order valence-electron chi connectivity index (χ3n) is 4.08. The highest BCUT2D eigenvalue weighted by Gasteiger charge is 2.63. The van der Waals surface area contributed by atoms with E-state index in [2.05, 4.69) is 71.6 Å². The summed E-state index contributed by atoms with van der Waals surface area (Å²) in [5.41, 5.74) is 1.02. The first-order chi connectivity index (χ1) is 9.08.